The molecule has 0 radical (unpaired) electrons. The Kier molecular flexibility index (Phi) is 8.45. The van der Waals surface area contributed by atoms with Crippen LogP contribution in [0.25, 0.3) is 66.1 Å². The molecule has 0 amide bonds. The van der Waals surface area contributed by atoms with Crippen LogP contribution in [0.5, 0.6) is 0 Å². The maximum absolute atomic E-state index is 9.73. The summed E-state index contributed by atoms with van der Waals surface area (Å²) in [5.74, 6) is 0. The molecule has 0 saturated heterocycles. The van der Waals surface area contributed by atoms with Crippen molar-refractivity contribution >= 4 is 49.8 Å². The third kappa shape index (κ3) is 5.81. The van der Waals surface area contributed by atoms with Crippen molar-refractivity contribution in [2.45, 2.75) is 5.41 Å². The zero-order valence-corrected chi connectivity index (χ0v) is 34.2. The van der Waals surface area contributed by atoms with E-state index in [0.29, 0.717) is 5.56 Å². The molecule has 0 saturated carbocycles. The van der Waals surface area contributed by atoms with E-state index in [1.165, 1.54) is 44.2 Å². The van der Waals surface area contributed by atoms with Crippen molar-refractivity contribution in [3.05, 3.63) is 258 Å². The van der Waals surface area contributed by atoms with Crippen LogP contribution in [0.15, 0.2) is 235 Å². The van der Waals surface area contributed by atoms with Crippen molar-refractivity contribution in [3.8, 4) is 39.4 Å². The Morgan fingerprint density at radius 3 is 1.63 bits per heavy atom. The molecule has 0 spiro atoms. The van der Waals surface area contributed by atoms with Crippen molar-refractivity contribution in [3.63, 3.8) is 0 Å². The molecule has 3 heteroatoms. The van der Waals surface area contributed by atoms with Crippen LogP contribution < -0.4 is 4.90 Å². The summed E-state index contributed by atoms with van der Waals surface area (Å²) in [4.78, 5) is 2.30. The maximum atomic E-state index is 9.73. The largest absolute Gasteiger partial charge is 0.456 e. The molecule has 1 heterocycles. The first-order valence-corrected chi connectivity index (χ1v) is 21.4. The molecular weight excluding hydrogens is 765 g/mol. The van der Waals surface area contributed by atoms with Gasteiger partial charge < -0.3 is 9.32 Å². The van der Waals surface area contributed by atoms with Gasteiger partial charge in [0.1, 0.15) is 11.2 Å². The van der Waals surface area contributed by atoms with Gasteiger partial charge in [0.25, 0.3) is 0 Å². The smallest absolute Gasteiger partial charge is 0.136 e. The highest BCUT2D eigenvalue weighted by molar-refractivity contribution is 6.19. The second kappa shape index (κ2) is 14.6. The molecule has 10 aromatic carbocycles. The summed E-state index contributed by atoms with van der Waals surface area (Å²) in [7, 11) is 0. The van der Waals surface area contributed by atoms with Crippen molar-refractivity contribution in [2.24, 2.45) is 0 Å². The molecule has 0 atom stereocenters. The van der Waals surface area contributed by atoms with Crippen LogP contribution in [0.1, 0.15) is 27.8 Å². The van der Waals surface area contributed by atoms with Crippen molar-refractivity contribution in [1.82, 2.24) is 0 Å². The van der Waals surface area contributed by atoms with Crippen LogP contribution in [0.3, 0.4) is 0 Å². The lowest BCUT2D eigenvalue weighted by Crippen LogP contribution is -2.28. The van der Waals surface area contributed by atoms with Crippen molar-refractivity contribution in [1.29, 1.82) is 5.26 Å². The minimum absolute atomic E-state index is 0.525. The van der Waals surface area contributed by atoms with E-state index in [0.717, 1.165) is 61.3 Å². The molecule has 1 aromatic heterocycles. The number of hydrogen-bond donors (Lipinski definition) is 0. The Balaban J connectivity index is 0.936. The first kappa shape index (κ1) is 36.4. The van der Waals surface area contributed by atoms with Crippen LogP contribution in [-0.4, -0.2) is 0 Å². The summed E-state index contributed by atoms with van der Waals surface area (Å²) < 4.78 is 6.28. The van der Waals surface area contributed by atoms with Gasteiger partial charge >= 0.3 is 0 Å². The van der Waals surface area contributed by atoms with Gasteiger partial charge in [-0.15, -0.1) is 0 Å². The Labute approximate surface area is 366 Å². The van der Waals surface area contributed by atoms with Gasteiger partial charge in [0.05, 0.1) is 17.0 Å². The molecule has 63 heavy (non-hydrogen) atoms. The number of hydrogen-bond acceptors (Lipinski definition) is 3. The molecular formula is C60H38N2O. The Morgan fingerprint density at radius 2 is 0.937 bits per heavy atom. The number of rotatable bonds is 7. The fourth-order valence-corrected chi connectivity index (χ4v) is 10.1. The average Bonchev–Trinajstić information content (AvgIpc) is 3.89. The normalized spacial score (nSPS) is 12.6. The van der Waals surface area contributed by atoms with Crippen LogP contribution in [0, 0.1) is 11.3 Å². The van der Waals surface area contributed by atoms with Crippen LogP contribution in [-0.2, 0) is 5.41 Å². The zero-order chi connectivity index (χ0) is 41.9. The number of nitriles is 1. The monoisotopic (exact) mass is 802 g/mol. The minimum Gasteiger partial charge on any atom is -0.456 e. The summed E-state index contributed by atoms with van der Waals surface area (Å²) in [6.07, 6.45) is 0. The van der Waals surface area contributed by atoms with Gasteiger partial charge in [0, 0.05) is 27.8 Å². The fraction of sp³-hybridized carbons (Fsp3) is 0.0167. The van der Waals surface area contributed by atoms with E-state index in [9.17, 15) is 5.26 Å². The number of fused-ring (bicyclic) bond motifs is 8. The molecule has 11 aromatic rings. The predicted molar refractivity (Wildman–Crippen MR) is 259 cm³/mol. The summed E-state index contributed by atoms with van der Waals surface area (Å²) >= 11 is 0. The van der Waals surface area contributed by atoms with E-state index < -0.39 is 5.41 Å². The summed E-state index contributed by atoms with van der Waals surface area (Å²) in [5.41, 5.74) is 17.0. The topological polar surface area (TPSA) is 40.2 Å². The molecule has 0 unspecified atom stereocenters. The summed E-state index contributed by atoms with van der Waals surface area (Å²) in [6, 6.07) is 84.6. The van der Waals surface area contributed by atoms with Gasteiger partial charge in [-0.25, -0.2) is 0 Å². The fourth-order valence-electron chi connectivity index (χ4n) is 10.1. The second-order valence-corrected chi connectivity index (χ2v) is 16.3. The van der Waals surface area contributed by atoms with Gasteiger partial charge in [0.2, 0.25) is 0 Å². The van der Waals surface area contributed by atoms with Crippen molar-refractivity contribution in [2.75, 3.05) is 4.90 Å². The predicted octanol–water partition coefficient (Wildman–Crippen LogP) is 15.8. The average molecular weight is 803 g/mol. The van der Waals surface area contributed by atoms with E-state index in [1.54, 1.807) is 0 Å². The molecule has 3 nitrogen and oxygen atoms in total. The Bertz CT molecular complexity index is 3510. The van der Waals surface area contributed by atoms with Crippen LogP contribution in [0.2, 0.25) is 0 Å². The number of benzene rings is 10. The van der Waals surface area contributed by atoms with Gasteiger partial charge in [0.15, 0.2) is 0 Å². The molecule has 0 fully saturated rings. The summed E-state index contributed by atoms with van der Waals surface area (Å²) in [6.45, 7) is 0. The van der Waals surface area contributed by atoms with E-state index in [2.05, 4.69) is 217 Å². The number of nitrogens with zero attached hydrogens (tertiary/aromatic N) is 2. The van der Waals surface area contributed by atoms with Crippen LogP contribution in [0.4, 0.5) is 17.1 Å². The SMILES string of the molecule is N#Cc1ccc(N(c2ccc(-c3ccc(-c4ccc5oc6ccc7ccccc7c6c5c4)cc3)cc2)c2ccc3c(c2)C(c2ccccc2)(c2ccccc2)c2ccccc2-3)cc1. The molecule has 294 valence electrons. The third-order valence-electron chi connectivity index (χ3n) is 13.0. The first-order chi connectivity index (χ1) is 31.2. The van der Waals surface area contributed by atoms with E-state index in [1.807, 2.05) is 24.3 Å². The maximum Gasteiger partial charge on any atom is 0.136 e. The molecule has 12 rings (SSSR count). The number of anilines is 3. The lowest BCUT2D eigenvalue weighted by atomic mass is 9.67. The summed E-state index contributed by atoms with van der Waals surface area (Å²) in [5, 5.41) is 14.4. The van der Waals surface area contributed by atoms with Crippen molar-refractivity contribution < 1.29 is 4.42 Å². The van der Waals surface area contributed by atoms with E-state index in [-0.39, 0.29) is 0 Å². The Hall–Kier alpha value is -8.45. The zero-order valence-electron chi connectivity index (χ0n) is 34.2. The molecule has 1 aliphatic rings. The highest BCUT2D eigenvalue weighted by Crippen LogP contribution is 2.57. The molecule has 0 bridgehead atoms. The third-order valence-corrected chi connectivity index (χ3v) is 13.0. The first-order valence-electron chi connectivity index (χ1n) is 21.4. The van der Waals surface area contributed by atoms with E-state index >= 15 is 0 Å². The minimum atomic E-state index is -0.525. The lowest BCUT2D eigenvalue weighted by Gasteiger charge is -2.35. The highest BCUT2D eigenvalue weighted by Gasteiger charge is 2.46. The van der Waals surface area contributed by atoms with Gasteiger partial charge in [-0.3, -0.25) is 0 Å². The Morgan fingerprint density at radius 1 is 0.397 bits per heavy atom. The second-order valence-electron chi connectivity index (χ2n) is 16.3. The highest BCUT2D eigenvalue weighted by atomic mass is 16.3. The molecule has 0 N–H and O–H groups in total. The molecule has 1 aliphatic carbocycles. The lowest BCUT2D eigenvalue weighted by molar-refractivity contribution is 0.669. The van der Waals surface area contributed by atoms with Crippen LogP contribution >= 0.6 is 0 Å². The number of furan rings is 1. The van der Waals surface area contributed by atoms with E-state index in [4.69, 9.17) is 4.42 Å². The quantitative estimate of drug-likeness (QED) is 0.161. The van der Waals surface area contributed by atoms with Gasteiger partial charge in [-0.05, 0) is 133 Å². The van der Waals surface area contributed by atoms with Gasteiger partial charge in [-0.2, -0.15) is 5.26 Å². The van der Waals surface area contributed by atoms with Gasteiger partial charge in [-0.1, -0.05) is 164 Å². The molecule has 0 aliphatic heterocycles. The standard InChI is InChI=1S/C60H38N2O/c61-39-40-19-29-48(30-20-40)62(50-33-34-53-52-17-9-10-18-55(52)60(56(53)38-50,46-12-3-1-4-13-46)47-14-5-2-6-15-47)49-31-25-42(26-32-49)41-21-23-43(24-22-41)45-28-35-57-54(37-45)59-51-16-8-7-11-44(51)27-36-58(59)63-57/h1-38H.